The molecule has 15 rings (SSSR count). The van der Waals surface area contributed by atoms with Crippen molar-refractivity contribution in [2.24, 2.45) is 0 Å². The van der Waals surface area contributed by atoms with E-state index in [-0.39, 0.29) is 0 Å². The van der Waals surface area contributed by atoms with Crippen LogP contribution in [0, 0.1) is 0 Å². The van der Waals surface area contributed by atoms with Gasteiger partial charge in [0.15, 0.2) is 0 Å². The minimum Gasteiger partial charge on any atom is -0.372 e. The Morgan fingerprint density at radius 2 is 0.579 bits per heavy atom. The van der Waals surface area contributed by atoms with Gasteiger partial charge < -0.3 is 9.80 Å². The topological polar surface area (TPSA) is 6.48 Å². The third-order valence-electron chi connectivity index (χ3n) is 18.0. The van der Waals surface area contributed by atoms with Crippen LogP contribution in [0.3, 0.4) is 0 Å². The van der Waals surface area contributed by atoms with E-state index in [4.69, 9.17) is 0 Å². The second-order valence-electron chi connectivity index (χ2n) is 21.9. The Labute approximate surface area is 447 Å². The summed E-state index contributed by atoms with van der Waals surface area (Å²) in [5, 5.41) is 5.19. The SMILES string of the molecule is c1ccc(C2(c3ccccc3)c3ccccc3-c3ccc(-c4c5ccc(N6CCCCC6)cc5c(-c5ccc6c(c5)C(c5ccccc5)(c5ccccc5)c5ccccc5-6)c5ccc(N6CCCCC6)cc45)cc32)cc1. The van der Waals surface area contributed by atoms with Gasteiger partial charge in [0.05, 0.1) is 10.8 Å². The number of hydrogen-bond acceptors (Lipinski definition) is 2. The highest BCUT2D eigenvalue weighted by Gasteiger charge is 2.48. The summed E-state index contributed by atoms with van der Waals surface area (Å²) in [6, 6.07) is 93.4. The Morgan fingerprint density at radius 3 is 0.947 bits per heavy atom. The number of anilines is 2. The summed E-state index contributed by atoms with van der Waals surface area (Å²) in [6.45, 7) is 4.34. The van der Waals surface area contributed by atoms with Gasteiger partial charge >= 0.3 is 0 Å². The Bertz CT molecular complexity index is 3650. The largest absolute Gasteiger partial charge is 0.372 e. The van der Waals surface area contributed by atoms with Crippen LogP contribution in [0.1, 0.15) is 83.0 Å². The minimum absolute atomic E-state index is 0.512. The first-order valence-electron chi connectivity index (χ1n) is 28.0. The molecule has 2 fully saturated rings. The van der Waals surface area contributed by atoms with Crippen molar-refractivity contribution in [2.45, 2.75) is 49.4 Å². The van der Waals surface area contributed by atoms with Crippen molar-refractivity contribution < 1.29 is 0 Å². The molecule has 2 nitrogen and oxygen atoms in total. The molecule has 76 heavy (non-hydrogen) atoms. The van der Waals surface area contributed by atoms with E-state index in [2.05, 4.69) is 252 Å². The maximum Gasteiger partial charge on any atom is 0.0713 e. The first-order valence-corrected chi connectivity index (χ1v) is 28.0. The van der Waals surface area contributed by atoms with Gasteiger partial charge in [0.1, 0.15) is 0 Å². The minimum atomic E-state index is -0.512. The molecule has 366 valence electrons. The monoisotopic (exact) mass is 976 g/mol. The lowest BCUT2D eigenvalue weighted by atomic mass is 9.67. The van der Waals surface area contributed by atoms with E-state index >= 15 is 0 Å². The average molecular weight is 977 g/mol. The summed E-state index contributed by atoms with van der Waals surface area (Å²) in [5.41, 5.74) is 22.4. The summed E-state index contributed by atoms with van der Waals surface area (Å²) < 4.78 is 0. The van der Waals surface area contributed by atoms with Crippen LogP contribution in [0.2, 0.25) is 0 Å². The van der Waals surface area contributed by atoms with Crippen LogP contribution in [0.4, 0.5) is 11.4 Å². The fourth-order valence-electron chi connectivity index (χ4n) is 14.7. The molecule has 0 unspecified atom stereocenters. The molecule has 11 aromatic carbocycles. The molecule has 11 aromatic rings. The molecule has 0 bridgehead atoms. The van der Waals surface area contributed by atoms with Crippen LogP contribution in [0.5, 0.6) is 0 Å². The van der Waals surface area contributed by atoms with Crippen molar-refractivity contribution in [2.75, 3.05) is 36.0 Å². The lowest BCUT2D eigenvalue weighted by Crippen LogP contribution is -2.29. The van der Waals surface area contributed by atoms with Gasteiger partial charge in [-0.15, -0.1) is 0 Å². The lowest BCUT2D eigenvalue weighted by Gasteiger charge is -2.34. The van der Waals surface area contributed by atoms with Crippen molar-refractivity contribution in [3.63, 3.8) is 0 Å². The van der Waals surface area contributed by atoms with E-state index in [1.165, 1.54) is 160 Å². The van der Waals surface area contributed by atoms with Crippen LogP contribution in [0.25, 0.3) is 66.1 Å². The number of rotatable bonds is 8. The molecule has 0 aromatic heterocycles. The first kappa shape index (κ1) is 45.0. The molecule has 0 saturated carbocycles. The van der Waals surface area contributed by atoms with Crippen LogP contribution >= 0.6 is 0 Å². The third kappa shape index (κ3) is 6.72. The Hall–Kier alpha value is -8.46. The number of fused-ring (bicyclic) bond motifs is 8. The van der Waals surface area contributed by atoms with Crippen LogP contribution < -0.4 is 9.80 Å². The molecule has 2 saturated heterocycles. The van der Waals surface area contributed by atoms with Gasteiger partial charge in [-0.1, -0.05) is 206 Å². The standard InChI is InChI=1S/C74H60N2/c1-7-23-53(24-8-1)73(54-25-9-2-10-26-54)67-33-17-15-31-59(67)61-39-35-51(47-69(61)73)71-63-41-37-58(76-45-21-6-22-46-76)50-66(63)72(64-42-38-57(49-65(64)71)75-43-19-5-20-44-75)52-36-40-62-60-32-16-18-34-68(60)74(70(62)48-52,55-27-11-3-12-28-55)56-29-13-4-14-30-56/h1-4,7-18,23-42,47-50H,5-6,19-22,43-46H2. The summed E-state index contributed by atoms with van der Waals surface area (Å²) in [7, 11) is 0. The number of nitrogens with zero attached hydrogens (tertiary/aromatic N) is 2. The number of hydrogen-bond donors (Lipinski definition) is 0. The zero-order valence-electron chi connectivity index (χ0n) is 43.1. The molecule has 4 aliphatic rings. The van der Waals surface area contributed by atoms with E-state index in [0.717, 1.165) is 26.2 Å². The fraction of sp³-hybridized carbons (Fsp3) is 0.162. The second kappa shape index (κ2) is 18.1. The molecule has 0 atom stereocenters. The highest BCUT2D eigenvalue weighted by molar-refractivity contribution is 6.23. The van der Waals surface area contributed by atoms with E-state index in [0.29, 0.717) is 0 Å². The number of piperidine rings is 2. The predicted molar refractivity (Wildman–Crippen MR) is 319 cm³/mol. The van der Waals surface area contributed by atoms with Gasteiger partial charge in [0.2, 0.25) is 0 Å². The molecular weight excluding hydrogens is 917 g/mol. The van der Waals surface area contributed by atoms with Gasteiger partial charge in [-0.3, -0.25) is 0 Å². The Morgan fingerprint density at radius 1 is 0.250 bits per heavy atom. The summed E-state index contributed by atoms with van der Waals surface area (Å²) >= 11 is 0. The molecule has 2 aliphatic carbocycles. The molecule has 2 heterocycles. The van der Waals surface area contributed by atoms with Crippen molar-refractivity contribution in [1.82, 2.24) is 0 Å². The molecule has 2 heteroatoms. The molecular formula is C74H60N2. The maximum atomic E-state index is 2.64. The van der Waals surface area contributed by atoms with Gasteiger partial charge in [-0.2, -0.15) is 0 Å². The second-order valence-corrected chi connectivity index (χ2v) is 21.9. The zero-order valence-corrected chi connectivity index (χ0v) is 43.1. The molecule has 0 spiro atoms. The van der Waals surface area contributed by atoms with E-state index in [1.807, 2.05) is 0 Å². The van der Waals surface area contributed by atoms with Crippen molar-refractivity contribution in [3.05, 3.63) is 287 Å². The van der Waals surface area contributed by atoms with E-state index < -0.39 is 10.8 Å². The van der Waals surface area contributed by atoms with Crippen molar-refractivity contribution in [1.29, 1.82) is 0 Å². The van der Waals surface area contributed by atoms with E-state index in [1.54, 1.807) is 0 Å². The molecule has 0 N–H and O–H groups in total. The van der Waals surface area contributed by atoms with E-state index in [9.17, 15) is 0 Å². The fourth-order valence-corrected chi connectivity index (χ4v) is 14.7. The Balaban J connectivity index is 1.05. The average Bonchev–Trinajstić information content (AvgIpc) is 3.98. The third-order valence-corrected chi connectivity index (χ3v) is 18.0. The normalized spacial score (nSPS) is 16.1. The van der Waals surface area contributed by atoms with Crippen LogP contribution in [0.15, 0.2) is 243 Å². The van der Waals surface area contributed by atoms with Gasteiger partial charge in [-0.05, 0) is 185 Å². The highest BCUT2D eigenvalue weighted by atomic mass is 15.1. The predicted octanol–water partition coefficient (Wildman–Crippen LogP) is 18.0. The van der Waals surface area contributed by atoms with Crippen molar-refractivity contribution >= 4 is 32.9 Å². The Kier molecular flexibility index (Phi) is 10.7. The van der Waals surface area contributed by atoms with Gasteiger partial charge in [0, 0.05) is 37.6 Å². The van der Waals surface area contributed by atoms with Crippen LogP contribution in [-0.2, 0) is 10.8 Å². The van der Waals surface area contributed by atoms with Gasteiger partial charge in [0.25, 0.3) is 0 Å². The smallest absolute Gasteiger partial charge is 0.0713 e. The zero-order chi connectivity index (χ0) is 50.2. The molecule has 0 amide bonds. The summed E-state index contributed by atoms with van der Waals surface area (Å²) in [4.78, 5) is 5.29. The summed E-state index contributed by atoms with van der Waals surface area (Å²) in [6.07, 6.45) is 7.48. The lowest BCUT2D eigenvalue weighted by molar-refractivity contribution is 0.578. The highest BCUT2D eigenvalue weighted by Crippen LogP contribution is 2.60. The first-order chi connectivity index (χ1) is 37.7. The summed E-state index contributed by atoms with van der Waals surface area (Å²) in [5.74, 6) is 0. The number of benzene rings is 11. The molecule has 0 radical (unpaired) electrons. The van der Waals surface area contributed by atoms with Crippen LogP contribution in [-0.4, -0.2) is 26.2 Å². The molecule has 2 aliphatic heterocycles. The maximum absolute atomic E-state index is 2.64. The van der Waals surface area contributed by atoms with Crippen molar-refractivity contribution in [3.8, 4) is 44.5 Å². The quantitative estimate of drug-likeness (QED) is 0.140. The van der Waals surface area contributed by atoms with Gasteiger partial charge in [-0.25, -0.2) is 0 Å².